The fourth-order valence-corrected chi connectivity index (χ4v) is 3.10. The molecule has 8 nitrogen and oxygen atoms in total. The zero-order valence-corrected chi connectivity index (χ0v) is 13.9. The van der Waals surface area contributed by atoms with Crippen LogP contribution in [-0.4, -0.2) is 61.9 Å². The highest BCUT2D eigenvalue weighted by Gasteiger charge is 2.38. The maximum absolute atomic E-state index is 12.6. The lowest BCUT2D eigenvalue weighted by Crippen LogP contribution is -2.33. The van der Waals surface area contributed by atoms with E-state index in [1.807, 2.05) is 38.1 Å². The fraction of sp³-hybridized carbons (Fsp3) is 0.600. The molecule has 3 heterocycles. The molecule has 0 N–H and O–H groups in total. The molecule has 1 aliphatic heterocycles. The summed E-state index contributed by atoms with van der Waals surface area (Å²) >= 11 is 0. The monoisotopic (exact) mass is 318 g/mol. The SMILES string of the molecule is CO[C@@H]1CN(C(=O)Cn2nc(C)cc2C)C[C@H]1c1cn(C)nn1. The normalized spacial score (nSPS) is 21.1. The molecule has 0 spiro atoms. The third-order valence-electron chi connectivity index (χ3n) is 4.31. The molecule has 0 saturated carbocycles. The van der Waals surface area contributed by atoms with Crippen LogP contribution in [0.15, 0.2) is 12.3 Å². The average Bonchev–Trinajstić information content (AvgIpc) is 3.18. The second-order valence-corrected chi connectivity index (χ2v) is 6.08. The van der Waals surface area contributed by atoms with Gasteiger partial charge in [0, 0.05) is 39.1 Å². The summed E-state index contributed by atoms with van der Waals surface area (Å²) in [5, 5.41) is 12.5. The van der Waals surface area contributed by atoms with Crippen LogP contribution in [0, 0.1) is 13.8 Å². The van der Waals surface area contributed by atoms with Gasteiger partial charge in [-0.25, -0.2) is 0 Å². The van der Waals surface area contributed by atoms with Crippen LogP contribution in [0.2, 0.25) is 0 Å². The van der Waals surface area contributed by atoms with Gasteiger partial charge in [-0.2, -0.15) is 5.10 Å². The molecule has 1 amide bonds. The first-order valence-electron chi connectivity index (χ1n) is 7.65. The van der Waals surface area contributed by atoms with Crippen molar-refractivity contribution in [3.05, 3.63) is 29.3 Å². The summed E-state index contributed by atoms with van der Waals surface area (Å²) in [5.74, 6) is 0.0998. The molecule has 0 unspecified atom stereocenters. The Morgan fingerprint density at radius 1 is 1.39 bits per heavy atom. The number of methoxy groups -OCH3 is 1. The van der Waals surface area contributed by atoms with Crippen molar-refractivity contribution in [2.24, 2.45) is 7.05 Å². The Kier molecular flexibility index (Phi) is 4.16. The van der Waals surface area contributed by atoms with Gasteiger partial charge in [0.15, 0.2) is 0 Å². The Labute approximate surface area is 135 Å². The van der Waals surface area contributed by atoms with Gasteiger partial charge in [-0.1, -0.05) is 5.21 Å². The number of aryl methyl sites for hydroxylation is 3. The molecule has 0 bridgehead atoms. The number of likely N-dealkylation sites (tertiary alicyclic amines) is 1. The van der Waals surface area contributed by atoms with E-state index >= 15 is 0 Å². The van der Waals surface area contributed by atoms with Crippen molar-refractivity contribution in [3.63, 3.8) is 0 Å². The van der Waals surface area contributed by atoms with E-state index in [2.05, 4.69) is 15.4 Å². The van der Waals surface area contributed by atoms with Crippen molar-refractivity contribution in [2.75, 3.05) is 20.2 Å². The van der Waals surface area contributed by atoms with Crippen LogP contribution in [0.5, 0.6) is 0 Å². The molecule has 0 aromatic carbocycles. The highest BCUT2D eigenvalue weighted by atomic mass is 16.5. The van der Waals surface area contributed by atoms with E-state index in [0.717, 1.165) is 17.1 Å². The summed E-state index contributed by atoms with van der Waals surface area (Å²) in [7, 11) is 3.50. The zero-order chi connectivity index (χ0) is 16.6. The second-order valence-electron chi connectivity index (χ2n) is 6.08. The lowest BCUT2D eigenvalue weighted by molar-refractivity contribution is -0.131. The van der Waals surface area contributed by atoms with Crippen LogP contribution in [-0.2, 0) is 23.1 Å². The van der Waals surface area contributed by atoms with E-state index in [4.69, 9.17) is 4.74 Å². The fourth-order valence-electron chi connectivity index (χ4n) is 3.10. The van der Waals surface area contributed by atoms with E-state index in [-0.39, 0.29) is 24.5 Å². The summed E-state index contributed by atoms with van der Waals surface area (Å²) in [6, 6.07) is 1.97. The van der Waals surface area contributed by atoms with Gasteiger partial charge < -0.3 is 9.64 Å². The zero-order valence-electron chi connectivity index (χ0n) is 13.9. The Morgan fingerprint density at radius 3 is 2.74 bits per heavy atom. The third-order valence-corrected chi connectivity index (χ3v) is 4.31. The molecule has 2 atom stereocenters. The molecular formula is C15H22N6O2. The predicted octanol–water partition coefficient (Wildman–Crippen LogP) is 0.269. The molecule has 2 aromatic heterocycles. The van der Waals surface area contributed by atoms with Gasteiger partial charge in [0.05, 0.1) is 23.4 Å². The van der Waals surface area contributed by atoms with Crippen molar-refractivity contribution >= 4 is 5.91 Å². The number of ether oxygens (including phenoxy) is 1. The van der Waals surface area contributed by atoms with Crippen LogP contribution in [0.1, 0.15) is 23.0 Å². The van der Waals surface area contributed by atoms with Crippen molar-refractivity contribution in [3.8, 4) is 0 Å². The number of hydrogen-bond acceptors (Lipinski definition) is 5. The van der Waals surface area contributed by atoms with Gasteiger partial charge in [-0.3, -0.25) is 14.2 Å². The van der Waals surface area contributed by atoms with Crippen molar-refractivity contribution in [2.45, 2.75) is 32.4 Å². The van der Waals surface area contributed by atoms with Gasteiger partial charge in [0.2, 0.25) is 5.91 Å². The topological polar surface area (TPSA) is 78.1 Å². The Balaban J connectivity index is 1.71. The minimum absolute atomic E-state index is 0.0460. The molecule has 3 rings (SSSR count). The second kappa shape index (κ2) is 6.11. The minimum atomic E-state index is -0.0592. The van der Waals surface area contributed by atoms with Gasteiger partial charge in [0.1, 0.15) is 6.54 Å². The van der Waals surface area contributed by atoms with Crippen LogP contribution in [0.25, 0.3) is 0 Å². The molecule has 1 fully saturated rings. The number of carbonyl (C=O) groups excluding carboxylic acids is 1. The molecule has 0 aliphatic carbocycles. The Morgan fingerprint density at radius 2 is 2.17 bits per heavy atom. The average molecular weight is 318 g/mol. The first-order chi connectivity index (χ1) is 11.0. The van der Waals surface area contributed by atoms with Gasteiger partial charge in [0.25, 0.3) is 0 Å². The number of nitrogens with zero attached hydrogens (tertiary/aromatic N) is 6. The molecule has 23 heavy (non-hydrogen) atoms. The van der Waals surface area contributed by atoms with Crippen LogP contribution >= 0.6 is 0 Å². The number of hydrogen-bond donors (Lipinski definition) is 0. The number of amides is 1. The summed E-state index contributed by atoms with van der Waals surface area (Å²) in [4.78, 5) is 14.4. The van der Waals surface area contributed by atoms with E-state index in [1.54, 1.807) is 16.5 Å². The summed E-state index contributed by atoms with van der Waals surface area (Å²) in [6.45, 7) is 5.29. The summed E-state index contributed by atoms with van der Waals surface area (Å²) < 4.78 is 8.97. The summed E-state index contributed by atoms with van der Waals surface area (Å²) in [5.41, 5.74) is 2.77. The number of carbonyl (C=O) groups is 1. The summed E-state index contributed by atoms with van der Waals surface area (Å²) in [6.07, 6.45) is 1.82. The molecule has 8 heteroatoms. The largest absolute Gasteiger partial charge is 0.379 e. The number of rotatable bonds is 4. The lowest BCUT2D eigenvalue weighted by atomic mass is 10.0. The Bertz CT molecular complexity index is 707. The number of aromatic nitrogens is 5. The van der Waals surface area contributed by atoms with Gasteiger partial charge in [-0.05, 0) is 19.9 Å². The van der Waals surface area contributed by atoms with E-state index in [1.165, 1.54) is 0 Å². The first kappa shape index (κ1) is 15.7. The van der Waals surface area contributed by atoms with Crippen molar-refractivity contribution in [1.82, 2.24) is 29.7 Å². The maximum atomic E-state index is 12.6. The third kappa shape index (κ3) is 3.12. The van der Waals surface area contributed by atoms with E-state index in [0.29, 0.717) is 13.1 Å². The van der Waals surface area contributed by atoms with Crippen LogP contribution in [0.3, 0.4) is 0 Å². The molecule has 0 radical (unpaired) electrons. The van der Waals surface area contributed by atoms with Crippen LogP contribution in [0.4, 0.5) is 0 Å². The molecule has 1 saturated heterocycles. The van der Waals surface area contributed by atoms with Gasteiger partial charge in [-0.15, -0.1) is 5.10 Å². The van der Waals surface area contributed by atoms with E-state index < -0.39 is 0 Å². The smallest absolute Gasteiger partial charge is 0.244 e. The minimum Gasteiger partial charge on any atom is -0.379 e. The predicted molar refractivity (Wildman–Crippen MR) is 82.8 cm³/mol. The molecule has 1 aliphatic rings. The highest BCUT2D eigenvalue weighted by Crippen LogP contribution is 2.28. The molecule has 124 valence electrons. The Hall–Kier alpha value is -2.22. The first-order valence-corrected chi connectivity index (χ1v) is 7.65. The van der Waals surface area contributed by atoms with Crippen molar-refractivity contribution < 1.29 is 9.53 Å². The standard InChI is InChI=1S/C15H22N6O2/c1-10-5-11(2)21(17-10)9-15(22)20-6-12(14(8-20)23-4)13-7-19(3)18-16-13/h5,7,12,14H,6,8-9H2,1-4H3/t12-,14+/m0/s1. The molecular weight excluding hydrogens is 296 g/mol. The highest BCUT2D eigenvalue weighted by molar-refractivity contribution is 5.76. The lowest BCUT2D eigenvalue weighted by Gasteiger charge is -2.16. The van der Waals surface area contributed by atoms with E-state index in [9.17, 15) is 4.79 Å². The van der Waals surface area contributed by atoms with Gasteiger partial charge >= 0.3 is 0 Å². The van der Waals surface area contributed by atoms with Crippen molar-refractivity contribution in [1.29, 1.82) is 0 Å². The molecule has 2 aromatic rings. The van der Waals surface area contributed by atoms with Crippen LogP contribution < -0.4 is 0 Å². The maximum Gasteiger partial charge on any atom is 0.244 e. The quantitative estimate of drug-likeness (QED) is 0.808.